The molecule has 3 aromatic rings. The summed E-state index contributed by atoms with van der Waals surface area (Å²) in [5.41, 5.74) is 3.90. The minimum absolute atomic E-state index is 0.00252. The maximum absolute atomic E-state index is 12.1. The molecule has 0 fully saturated rings. The van der Waals surface area contributed by atoms with Gasteiger partial charge in [-0.15, -0.1) is 0 Å². The average Bonchev–Trinajstić information content (AvgIpc) is 3.09. The molecule has 1 aromatic heterocycles. The summed E-state index contributed by atoms with van der Waals surface area (Å²) in [6.07, 6.45) is 1.58. The molecule has 0 aliphatic carbocycles. The van der Waals surface area contributed by atoms with E-state index in [-0.39, 0.29) is 18.2 Å². The lowest BCUT2D eigenvalue weighted by Crippen LogP contribution is -2.24. The van der Waals surface area contributed by atoms with E-state index in [0.29, 0.717) is 24.0 Å². The maximum Gasteiger partial charge on any atom is 0.224 e. The van der Waals surface area contributed by atoms with Gasteiger partial charge in [0.15, 0.2) is 0 Å². The Labute approximate surface area is 150 Å². The summed E-state index contributed by atoms with van der Waals surface area (Å²) < 4.78 is 4.66. The van der Waals surface area contributed by atoms with E-state index >= 15 is 0 Å². The Morgan fingerprint density at radius 2 is 1.69 bits per heavy atom. The number of nitrogens with zero attached hydrogens (tertiary/aromatic N) is 2. The second kappa shape index (κ2) is 8.24. The van der Waals surface area contributed by atoms with E-state index in [0.717, 1.165) is 23.2 Å². The van der Waals surface area contributed by atoms with E-state index < -0.39 is 0 Å². The van der Waals surface area contributed by atoms with E-state index in [1.54, 1.807) is 6.07 Å². The van der Waals surface area contributed by atoms with Crippen LogP contribution in [-0.2, 0) is 22.6 Å². The molecule has 2 aromatic carbocycles. The maximum atomic E-state index is 12.1. The molecular weight excluding hydrogens is 332 g/mol. The van der Waals surface area contributed by atoms with Crippen molar-refractivity contribution in [3.05, 3.63) is 53.6 Å². The molecule has 0 radical (unpaired) electrons. The average molecular weight is 352 g/mol. The highest BCUT2D eigenvalue weighted by atomic mass is 16.6. The molecule has 1 heterocycles. The van der Waals surface area contributed by atoms with Crippen molar-refractivity contribution >= 4 is 28.5 Å². The Kier molecular flexibility index (Phi) is 5.58. The van der Waals surface area contributed by atoms with Crippen molar-refractivity contribution in [2.45, 2.75) is 32.7 Å². The third-order valence-corrected chi connectivity index (χ3v) is 3.89. The SMILES string of the molecule is CCCC(=O)Nc1ccc(CC(=O)NCc2ccc3nonc3c2)cc1. The van der Waals surface area contributed by atoms with E-state index in [1.807, 2.05) is 43.3 Å². The van der Waals surface area contributed by atoms with Gasteiger partial charge >= 0.3 is 0 Å². The van der Waals surface area contributed by atoms with Gasteiger partial charge in [-0.05, 0) is 52.1 Å². The number of nitrogens with one attached hydrogen (secondary N) is 2. The van der Waals surface area contributed by atoms with Crippen LogP contribution in [0.3, 0.4) is 0 Å². The lowest BCUT2D eigenvalue weighted by atomic mass is 10.1. The summed E-state index contributed by atoms with van der Waals surface area (Å²) >= 11 is 0. The van der Waals surface area contributed by atoms with E-state index in [4.69, 9.17) is 0 Å². The van der Waals surface area contributed by atoms with Gasteiger partial charge in [0, 0.05) is 18.7 Å². The molecule has 0 atom stereocenters. The summed E-state index contributed by atoms with van der Waals surface area (Å²) in [7, 11) is 0. The van der Waals surface area contributed by atoms with Gasteiger partial charge in [-0.2, -0.15) is 0 Å². The van der Waals surface area contributed by atoms with Gasteiger partial charge in [0.1, 0.15) is 11.0 Å². The summed E-state index contributed by atoms with van der Waals surface area (Å²) in [6.45, 7) is 2.37. The molecule has 134 valence electrons. The number of fused-ring (bicyclic) bond motifs is 1. The Balaban J connectivity index is 1.50. The number of anilines is 1. The predicted octanol–water partition coefficient (Wildman–Crippen LogP) is 2.82. The first-order chi connectivity index (χ1) is 12.6. The van der Waals surface area contributed by atoms with Crippen LogP contribution in [0.4, 0.5) is 5.69 Å². The van der Waals surface area contributed by atoms with Crippen LogP contribution in [0, 0.1) is 0 Å². The highest BCUT2D eigenvalue weighted by Crippen LogP contribution is 2.12. The van der Waals surface area contributed by atoms with Crippen LogP contribution in [0.15, 0.2) is 47.1 Å². The number of carbonyl (C=O) groups is 2. The van der Waals surface area contributed by atoms with Gasteiger partial charge in [-0.25, -0.2) is 4.63 Å². The van der Waals surface area contributed by atoms with Gasteiger partial charge in [-0.3, -0.25) is 9.59 Å². The van der Waals surface area contributed by atoms with Gasteiger partial charge < -0.3 is 10.6 Å². The minimum Gasteiger partial charge on any atom is -0.352 e. The van der Waals surface area contributed by atoms with E-state index in [9.17, 15) is 9.59 Å². The second-order valence-corrected chi connectivity index (χ2v) is 6.04. The largest absolute Gasteiger partial charge is 0.352 e. The van der Waals surface area contributed by atoms with Gasteiger partial charge in [0.05, 0.1) is 6.42 Å². The summed E-state index contributed by atoms with van der Waals surface area (Å²) in [5, 5.41) is 13.2. The van der Waals surface area contributed by atoms with Crippen molar-refractivity contribution in [2.24, 2.45) is 0 Å². The fraction of sp³-hybridized carbons (Fsp3) is 0.263. The monoisotopic (exact) mass is 352 g/mol. The summed E-state index contributed by atoms with van der Waals surface area (Å²) in [4.78, 5) is 23.7. The zero-order chi connectivity index (χ0) is 18.4. The molecule has 0 unspecified atom stereocenters. The third kappa shape index (κ3) is 4.66. The molecule has 26 heavy (non-hydrogen) atoms. The fourth-order valence-corrected chi connectivity index (χ4v) is 2.54. The van der Waals surface area contributed by atoms with Crippen molar-refractivity contribution in [1.82, 2.24) is 15.6 Å². The number of carbonyl (C=O) groups excluding carboxylic acids is 2. The molecule has 0 aliphatic rings. The van der Waals surface area contributed by atoms with Crippen LogP contribution in [0.1, 0.15) is 30.9 Å². The summed E-state index contributed by atoms with van der Waals surface area (Å²) in [5.74, 6) is -0.0802. The molecular formula is C19H20N4O3. The van der Waals surface area contributed by atoms with Crippen molar-refractivity contribution in [1.29, 1.82) is 0 Å². The number of aromatic nitrogens is 2. The molecule has 7 nitrogen and oxygen atoms in total. The first-order valence-corrected chi connectivity index (χ1v) is 8.50. The number of benzene rings is 2. The van der Waals surface area contributed by atoms with E-state index in [2.05, 4.69) is 25.6 Å². The normalized spacial score (nSPS) is 10.7. The highest BCUT2D eigenvalue weighted by molar-refractivity contribution is 5.90. The number of amides is 2. The lowest BCUT2D eigenvalue weighted by molar-refractivity contribution is -0.120. The van der Waals surface area contributed by atoms with E-state index in [1.165, 1.54) is 0 Å². The van der Waals surface area contributed by atoms with Crippen molar-refractivity contribution in [2.75, 3.05) is 5.32 Å². The Hall–Kier alpha value is -3.22. The summed E-state index contributed by atoms with van der Waals surface area (Å²) in [6, 6.07) is 12.8. The first kappa shape index (κ1) is 17.6. The van der Waals surface area contributed by atoms with Crippen LogP contribution < -0.4 is 10.6 Å². The van der Waals surface area contributed by atoms with Crippen molar-refractivity contribution < 1.29 is 14.2 Å². The number of hydrogen-bond acceptors (Lipinski definition) is 5. The number of rotatable bonds is 7. The molecule has 0 saturated heterocycles. The van der Waals surface area contributed by atoms with Crippen molar-refractivity contribution in [3.63, 3.8) is 0 Å². The third-order valence-electron chi connectivity index (χ3n) is 3.89. The van der Waals surface area contributed by atoms with Crippen LogP contribution in [-0.4, -0.2) is 22.1 Å². The lowest BCUT2D eigenvalue weighted by Gasteiger charge is -2.07. The van der Waals surface area contributed by atoms with Crippen LogP contribution in [0.25, 0.3) is 11.0 Å². The molecule has 2 amide bonds. The molecule has 0 bridgehead atoms. The Morgan fingerprint density at radius 1 is 0.962 bits per heavy atom. The molecule has 3 rings (SSSR count). The van der Waals surface area contributed by atoms with Crippen molar-refractivity contribution in [3.8, 4) is 0 Å². The number of hydrogen-bond donors (Lipinski definition) is 2. The van der Waals surface area contributed by atoms with Crippen LogP contribution in [0.5, 0.6) is 0 Å². The second-order valence-electron chi connectivity index (χ2n) is 6.04. The minimum atomic E-state index is -0.0776. The van der Waals surface area contributed by atoms with Gasteiger partial charge in [0.25, 0.3) is 0 Å². The quantitative estimate of drug-likeness (QED) is 0.681. The Morgan fingerprint density at radius 3 is 2.46 bits per heavy atom. The van der Waals surface area contributed by atoms with Gasteiger partial charge in [-0.1, -0.05) is 25.1 Å². The highest BCUT2D eigenvalue weighted by Gasteiger charge is 2.06. The van der Waals surface area contributed by atoms with Crippen LogP contribution in [0.2, 0.25) is 0 Å². The fourth-order valence-electron chi connectivity index (χ4n) is 2.54. The molecule has 2 N–H and O–H groups in total. The smallest absolute Gasteiger partial charge is 0.224 e. The first-order valence-electron chi connectivity index (χ1n) is 8.50. The zero-order valence-electron chi connectivity index (χ0n) is 14.5. The van der Waals surface area contributed by atoms with Crippen LogP contribution >= 0.6 is 0 Å². The topological polar surface area (TPSA) is 97.1 Å². The van der Waals surface area contributed by atoms with Gasteiger partial charge in [0.2, 0.25) is 11.8 Å². The molecule has 0 aliphatic heterocycles. The Bertz CT molecular complexity index is 903. The zero-order valence-corrected chi connectivity index (χ0v) is 14.5. The molecule has 7 heteroatoms. The molecule has 0 spiro atoms. The standard InChI is InChI=1S/C19H20N4O3/c1-2-3-18(24)21-15-7-4-13(5-8-15)11-19(25)20-12-14-6-9-16-17(10-14)23-26-22-16/h4-10H,2-3,11-12H2,1H3,(H,20,25)(H,21,24). The predicted molar refractivity (Wildman–Crippen MR) is 97.3 cm³/mol. The molecule has 0 saturated carbocycles.